The highest BCUT2D eigenvalue weighted by Crippen LogP contribution is 2.44. The van der Waals surface area contributed by atoms with Crippen LogP contribution in [-0.2, 0) is 0 Å². The highest BCUT2D eigenvalue weighted by atomic mass is 14.9. The molecule has 0 spiro atoms. The molecule has 1 aliphatic carbocycles. The summed E-state index contributed by atoms with van der Waals surface area (Å²) in [5.41, 5.74) is 16.3. The number of nitrogens with zero attached hydrogens (tertiary/aromatic N) is 1. The van der Waals surface area contributed by atoms with E-state index in [0.717, 1.165) is 12.8 Å². The van der Waals surface area contributed by atoms with Gasteiger partial charge in [0.05, 0.1) is 0 Å². The lowest BCUT2D eigenvalue weighted by Gasteiger charge is -2.33. The van der Waals surface area contributed by atoms with Crippen LogP contribution >= 0.6 is 0 Å². The minimum absolute atomic E-state index is 0.146. The summed E-state index contributed by atoms with van der Waals surface area (Å²) >= 11 is 0. The van der Waals surface area contributed by atoms with Gasteiger partial charge >= 0.3 is 6.85 Å². The van der Waals surface area contributed by atoms with Crippen LogP contribution in [0.2, 0.25) is 0 Å². The van der Waals surface area contributed by atoms with Crippen molar-refractivity contribution in [3.05, 3.63) is 127 Å². The van der Waals surface area contributed by atoms with E-state index in [9.17, 15) is 0 Å². The maximum atomic E-state index is 2.66. The molecule has 0 fully saturated rings. The van der Waals surface area contributed by atoms with Crippen molar-refractivity contribution < 1.29 is 0 Å². The van der Waals surface area contributed by atoms with Gasteiger partial charge in [-0.2, -0.15) is 0 Å². The van der Waals surface area contributed by atoms with Gasteiger partial charge in [0.25, 0.3) is 0 Å². The van der Waals surface area contributed by atoms with Crippen LogP contribution in [0.4, 0.5) is 0 Å². The van der Waals surface area contributed by atoms with Gasteiger partial charge < -0.3 is 4.48 Å². The number of hydrogen-bond donors (Lipinski definition) is 0. The molecule has 6 aromatic rings. The van der Waals surface area contributed by atoms with Crippen LogP contribution < -0.4 is 10.9 Å². The van der Waals surface area contributed by atoms with Gasteiger partial charge in [-0.3, -0.25) is 0 Å². The molecule has 0 amide bonds. The Bertz CT molecular complexity index is 2020. The molecule has 2 heteroatoms. The molecule has 1 aromatic heterocycles. The van der Waals surface area contributed by atoms with Crippen LogP contribution in [0.15, 0.2) is 121 Å². The fraction of sp³-hybridized carbons (Fsp3) is 0.0556. The zero-order valence-corrected chi connectivity index (χ0v) is 21.0. The highest BCUT2D eigenvalue weighted by Gasteiger charge is 2.39. The van der Waals surface area contributed by atoms with E-state index in [1.165, 1.54) is 77.2 Å². The molecule has 0 unspecified atom stereocenters. The highest BCUT2D eigenvalue weighted by molar-refractivity contribution is 6.88. The second-order valence-electron chi connectivity index (χ2n) is 10.8. The van der Waals surface area contributed by atoms with Crippen molar-refractivity contribution in [2.75, 3.05) is 0 Å². The molecule has 0 saturated heterocycles. The minimum Gasteiger partial charge on any atom is -0.375 e. The molecule has 2 aliphatic heterocycles. The topological polar surface area (TPSA) is 4.93 Å². The maximum absolute atomic E-state index is 2.66. The third-order valence-electron chi connectivity index (χ3n) is 8.87. The van der Waals surface area contributed by atoms with Crippen molar-refractivity contribution in [2.24, 2.45) is 0 Å². The molecule has 0 atom stereocenters. The zero-order valence-electron chi connectivity index (χ0n) is 21.0. The first-order valence-electron chi connectivity index (χ1n) is 13.6. The number of para-hydroxylation sites is 2. The summed E-state index contributed by atoms with van der Waals surface area (Å²) in [6.45, 7) is 0.146. The van der Waals surface area contributed by atoms with Crippen molar-refractivity contribution in [1.29, 1.82) is 0 Å². The summed E-state index contributed by atoms with van der Waals surface area (Å²) in [6, 6.07) is 38.8. The molecule has 3 heterocycles. The van der Waals surface area contributed by atoms with Gasteiger partial charge in [-0.1, -0.05) is 121 Å². The first kappa shape index (κ1) is 20.5. The quantitative estimate of drug-likeness (QED) is 0.222. The molecular weight excluding hydrogens is 457 g/mol. The Labute approximate surface area is 222 Å². The maximum Gasteiger partial charge on any atom is 0.329 e. The lowest BCUT2D eigenvalue weighted by molar-refractivity contribution is 1.05. The van der Waals surface area contributed by atoms with Crippen molar-refractivity contribution in [1.82, 2.24) is 4.48 Å². The fourth-order valence-electron chi connectivity index (χ4n) is 7.21. The molecule has 9 rings (SSSR count). The van der Waals surface area contributed by atoms with Gasteiger partial charge in [-0.25, -0.2) is 0 Å². The Morgan fingerprint density at radius 1 is 0.553 bits per heavy atom. The molecule has 0 bridgehead atoms. The average Bonchev–Trinajstić information content (AvgIpc) is 3.34. The Balaban J connectivity index is 1.41. The van der Waals surface area contributed by atoms with E-state index in [1.807, 2.05) is 0 Å². The van der Waals surface area contributed by atoms with Gasteiger partial charge in [0.2, 0.25) is 0 Å². The van der Waals surface area contributed by atoms with E-state index >= 15 is 0 Å². The minimum atomic E-state index is 0.146. The number of rotatable bonds is 2. The summed E-state index contributed by atoms with van der Waals surface area (Å²) in [6.07, 6.45) is 9.00. The molecule has 176 valence electrons. The first-order valence-corrected chi connectivity index (χ1v) is 13.6. The number of allylic oxidation sites excluding steroid dienone is 4. The smallest absolute Gasteiger partial charge is 0.329 e. The normalized spacial score (nSPS) is 14.6. The monoisotopic (exact) mass is 481 g/mol. The Morgan fingerprint density at radius 2 is 1.21 bits per heavy atom. The molecule has 1 nitrogen and oxygen atoms in total. The van der Waals surface area contributed by atoms with Gasteiger partial charge in [0, 0.05) is 32.9 Å². The van der Waals surface area contributed by atoms with Crippen LogP contribution in [0.5, 0.6) is 0 Å². The van der Waals surface area contributed by atoms with E-state index in [2.05, 4.69) is 126 Å². The Hall–Kier alpha value is -4.56. The van der Waals surface area contributed by atoms with Gasteiger partial charge in [-0.15, -0.1) is 0 Å². The van der Waals surface area contributed by atoms with E-state index in [-0.39, 0.29) is 6.85 Å². The summed E-state index contributed by atoms with van der Waals surface area (Å²) < 4.78 is 2.66. The summed E-state index contributed by atoms with van der Waals surface area (Å²) in [4.78, 5) is 0. The van der Waals surface area contributed by atoms with E-state index in [0.29, 0.717) is 0 Å². The SMILES string of the molecule is C1=CCCC(c2ccc3c(c2)B2c4cc(-c5ccccc5)ccc4-c4cccc5c6cccc-3c6n2c45)=C1. The Morgan fingerprint density at radius 3 is 1.87 bits per heavy atom. The van der Waals surface area contributed by atoms with Gasteiger partial charge in [-0.05, 0) is 57.2 Å². The standard InChI is InChI=1S/C36H24BN/c1-3-9-23(10-4-1)25-17-19-27-29-13-7-15-31-32-16-8-14-30-28-20-18-26(24-11-5-2-6-12-24)22-34(28)37(33(27)21-25)38(35(29)31)36(30)32/h1-5,7-11,13-22H,6,12H2. The number of aromatic nitrogens is 1. The van der Waals surface area contributed by atoms with Crippen LogP contribution in [-0.4, -0.2) is 11.3 Å². The van der Waals surface area contributed by atoms with Crippen LogP contribution in [0.25, 0.3) is 60.8 Å². The molecule has 0 radical (unpaired) electrons. The van der Waals surface area contributed by atoms with Crippen molar-refractivity contribution in [3.8, 4) is 33.4 Å². The second kappa shape index (κ2) is 7.49. The third-order valence-corrected chi connectivity index (χ3v) is 8.87. The number of benzene rings is 5. The average molecular weight is 481 g/mol. The van der Waals surface area contributed by atoms with E-state index in [1.54, 1.807) is 0 Å². The van der Waals surface area contributed by atoms with Gasteiger partial charge in [0.15, 0.2) is 0 Å². The predicted molar refractivity (Wildman–Crippen MR) is 163 cm³/mol. The molecule has 0 saturated carbocycles. The first-order chi connectivity index (χ1) is 18.9. The summed E-state index contributed by atoms with van der Waals surface area (Å²) in [7, 11) is 0. The van der Waals surface area contributed by atoms with Crippen molar-refractivity contribution in [3.63, 3.8) is 0 Å². The molecule has 3 aliphatic rings. The van der Waals surface area contributed by atoms with E-state index in [4.69, 9.17) is 0 Å². The summed E-state index contributed by atoms with van der Waals surface area (Å²) in [5, 5.41) is 2.71. The van der Waals surface area contributed by atoms with Crippen molar-refractivity contribution >= 4 is 45.2 Å². The van der Waals surface area contributed by atoms with Gasteiger partial charge in [0.1, 0.15) is 0 Å². The lowest BCUT2D eigenvalue weighted by atomic mass is 9.45. The molecular formula is C36H24BN. The molecule has 5 aromatic carbocycles. The predicted octanol–water partition coefficient (Wildman–Crippen LogP) is 7.81. The number of fused-ring (bicyclic) bond motifs is 7. The third kappa shape index (κ3) is 2.62. The molecule has 0 N–H and O–H groups in total. The van der Waals surface area contributed by atoms with Crippen LogP contribution in [0, 0.1) is 0 Å². The largest absolute Gasteiger partial charge is 0.375 e. The fourth-order valence-corrected chi connectivity index (χ4v) is 7.21. The van der Waals surface area contributed by atoms with Crippen LogP contribution in [0.3, 0.4) is 0 Å². The Kier molecular flexibility index (Phi) is 4.04. The second-order valence-corrected chi connectivity index (χ2v) is 10.8. The van der Waals surface area contributed by atoms with Crippen LogP contribution in [0.1, 0.15) is 18.4 Å². The van der Waals surface area contributed by atoms with E-state index < -0.39 is 0 Å². The zero-order chi connectivity index (χ0) is 24.8. The molecule has 38 heavy (non-hydrogen) atoms. The lowest BCUT2D eigenvalue weighted by Crippen LogP contribution is -2.53. The van der Waals surface area contributed by atoms with Crippen molar-refractivity contribution in [2.45, 2.75) is 12.8 Å². The summed E-state index contributed by atoms with van der Waals surface area (Å²) in [5.74, 6) is 0. The number of hydrogen-bond acceptors (Lipinski definition) is 0.